The number of hydrogen-bond donors (Lipinski definition) is 0. The van der Waals surface area contributed by atoms with Gasteiger partial charge in [0.25, 0.3) is 6.33 Å². The summed E-state index contributed by atoms with van der Waals surface area (Å²) in [6.07, 6.45) is -2.23. The molecule has 2 aromatic rings. The Hall–Kier alpha value is -4.46. The third kappa shape index (κ3) is 8.53. The Labute approximate surface area is 229 Å². The van der Waals surface area contributed by atoms with Gasteiger partial charge < -0.3 is 33.2 Å². The first-order valence-electron chi connectivity index (χ1n) is 12.2. The van der Waals surface area contributed by atoms with E-state index in [1.54, 1.807) is 54.6 Å². The number of aromatic nitrogens is 2. The van der Waals surface area contributed by atoms with Crippen molar-refractivity contribution >= 4 is 30.0 Å². The Morgan fingerprint density at radius 3 is 1.98 bits per heavy atom. The average Bonchev–Trinajstić information content (AvgIpc) is 3.31. The summed E-state index contributed by atoms with van der Waals surface area (Å²) in [7, 11) is 1.77. The summed E-state index contributed by atoms with van der Waals surface area (Å²) in [6.45, 7) is 4.19. The number of carbonyl (C=O) groups excluding carboxylic acids is 5. The van der Waals surface area contributed by atoms with Gasteiger partial charge in [0.15, 0.2) is 12.2 Å². The Balaban J connectivity index is 1.80. The quantitative estimate of drug-likeness (QED) is 0.242. The second-order valence-corrected chi connectivity index (χ2v) is 8.87. The molecule has 0 amide bonds. The summed E-state index contributed by atoms with van der Waals surface area (Å²) in [5.41, 5.74) is 0.652. The standard InChI is InChI=1S/C26H31N2O12/c1-15(29)34-13-21-22(36-16(2)30)23(37-17(3)31)24(38-18(4)32)25(40-21)39-20-8-6-19(7-9-20)12-35-26(33)28-11-10-27(5)14-28/h6-11,14,21-25H,12-13H2,1-5H3/q+1/t21?,22-,23?,24+,25-/m1/s1. The molecule has 14 nitrogen and oxygen atoms in total. The zero-order chi connectivity index (χ0) is 29.4. The van der Waals surface area contributed by atoms with Gasteiger partial charge in [0.1, 0.15) is 37.5 Å². The molecule has 1 aliphatic rings. The third-order valence-electron chi connectivity index (χ3n) is 5.47. The lowest BCUT2D eigenvalue weighted by molar-refractivity contribution is -0.670. The van der Waals surface area contributed by atoms with E-state index >= 15 is 0 Å². The Morgan fingerprint density at radius 1 is 0.825 bits per heavy atom. The predicted molar refractivity (Wildman–Crippen MR) is 130 cm³/mol. The number of aryl methyl sites for hydroxylation is 1. The van der Waals surface area contributed by atoms with Crippen molar-refractivity contribution in [1.29, 1.82) is 0 Å². The van der Waals surface area contributed by atoms with Crippen molar-refractivity contribution in [1.82, 2.24) is 4.57 Å². The molecule has 1 aromatic heterocycles. The number of imidazole rings is 1. The van der Waals surface area contributed by atoms with E-state index in [0.717, 1.165) is 20.8 Å². The minimum atomic E-state index is -1.36. The number of esters is 4. The van der Waals surface area contributed by atoms with Gasteiger partial charge in [-0.1, -0.05) is 12.1 Å². The molecule has 5 atom stereocenters. The van der Waals surface area contributed by atoms with Crippen LogP contribution >= 0.6 is 0 Å². The van der Waals surface area contributed by atoms with Crippen LogP contribution in [-0.2, 0) is 61.3 Å². The van der Waals surface area contributed by atoms with Gasteiger partial charge >= 0.3 is 30.0 Å². The van der Waals surface area contributed by atoms with Crippen molar-refractivity contribution < 1.29 is 61.7 Å². The minimum Gasteiger partial charge on any atom is -0.463 e. The largest absolute Gasteiger partial charge is 0.511 e. The highest BCUT2D eigenvalue weighted by Gasteiger charge is 2.53. The van der Waals surface area contributed by atoms with E-state index in [1.165, 1.54) is 11.5 Å². The number of ether oxygens (including phenoxy) is 7. The monoisotopic (exact) mass is 563 g/mol. The molecule has 0 radical (unpaired) electrons. The maximum atomic E-state index is 12.2. The van der Waals surface area contributed by atoms with E-state index in [1.807, 2.05) is 0 Å². The van der Waals surface area contributed by atoms with Crippen LogP contribution < -0.4 is 9.30 Å². The topological polar surface area (TPSA) is 159 Å². The normalized spacial score (nSPS) is 22.0. The second-order valence-electron chi connectivity index (χ2n) is 8.87. The van der Waals surface area contributed by atoms with Gasteiger partial charge in [-0.3, -0.25) is 19.2 Å². The third-order valence-corrected chi connectivity index (χ3v) is 5.47. The molecule has 0 N–H and O–H groups in total. The zero-order valence-corrected chi connectivity index (χ0v) is 22.6. The Bertz CT molecular complexity index is 1220. The fraction of sp³-hybridized carbons (Fsp3) is 0.462. The summed E-state index contributed by atoms with van der Waals surface area (Å²) in [6, 6.07) is 6.41. The lowest BCUT2D eigenvalue weighted by atomic mass is 9.98. The molecular formula is C26H31N2O12+. The molecule has 1 fully saturated rings. The van der Waals surface area contributed by atoms with Crippen LogP contribution in [-0.4, -0.2) is 71.9 Å². The predicted octanol–water partition coefficient (Wildman–Crippen LogP) is 0.959. The van der Waals surface area contributed by atoms with Crippen molar-refractivity contribution in [3.63, 3.8) is 0 Å². The Kier molecular flexibility index (Phi) is 10.2. The summed E-state index contributed by atoms with van der Waals surface area (Å²) in [4.78, 5) is 59.3. The van der Waals surface area contributed by atoms with Crippen molar-refractivity contribution in [2.45, 2.75) is 65.0 Å². The summed E-state index contributed by atoms with van der Waals surface area (Å²) in [5, 5.41) is 0. The molecule has 1 aromatic carbocycles. The van der Waals surface area contributed by atoms with Gasteiger partial charge in [0.2, 0.25) is 12.4 Å². The first-order chi connectivity index (χ1) is 18.9. The number of carbonyl (C=O) groups is 5. The van der Waals surface area contributed by atoms with E-state index in [2.05, 4.69) is 0 Å². The molecule has 0 bridgehead atoms. The molecule has 0 saturated carbocycles. The van der Waals surface area contributed by atoms with Gasteiger partial charge in [-0.2, -0.15) is 4.79 Å². The van der Waals surface area contributed by atoms with Crippen LogP contribution in [0, 0.1) is 0 Å². The lowest BCUT2D eigenvalue weighted by Gasteiger charge is -2.43. The highest BCUT2D eigenvalue weighted by Crippen LogP contribution is 2.31. The number of hydrogen-bond acceptors (Lipinski definition) is 12. The van der Waals surface area contributed by atoms with Gasteiger partial charge in [0.05, 0.1) is 7.05 Å². The average molecular weight is 564 g/mol. The van der Waals surface area contributed by atoms with Crippen molar-refractivity contribution in [2.75, 3.05) is 6.61 Å². The molecule has 0 aliphatic carbocycles. The fourth-order valence-electron chi connectivity index (χ4n) is 3.86. The first-order valence-corrected chi connectivity index (χ1v) is 12.2. The van der Waals surface area contributed by atoms with E-state index in [9.17, 15) is 24.0 Å². The van der Waals surface area contributed by atoms with Crippen LogP contribution in [0.5, 0.6) is 5.75 Å². The molecule has 1 aliphatic heterocycles. The molecule has 2 heterocycles. The van der Waals surface area contributed by atoms with Crippen LogP contribution in [0.2, 0.25) is 0 Å². The van der Waals surface area contributed by atoms with E-state index < -0.39 is 60.7 Å². The van der Waals surface area contributed by atoms with Crippen LogP contribution in [0.3, 0.4) is 0 Å². The van der Waals surface area contributed by atoms with Gasteiger partial charge in [-0.05, 0) is 17.7 Å². The van der Waals surface area contributed by atoms with Crippen molar-refractivity contribution in [3.8, 4) is 5.75 Å². The van der Waals surface area contributed by atoms with Crippen LogP contribution in [0.25, 0.3) is 0 Å². The second kappa shape index (κ2) is 13.6. The summed E-state index contributed by atoms with van der Waals surface area (Å²) < 4.78 is 41.3. The van der Waals surface area contributed by atoms with Crippen LogP contribution in [0.15, 0.2) is 43.0 Å². The molecule has 40 heavy (non-hydrogen) atoms. The molecule has 2 unspecified atom stereocenters. The zero-order valence-electron chi connectivity index (χ0n) is 22.6. The molecular weight excluding hydrogens is 532 g/mol. The number of nitrogens with zero attached hydrogens (tertiary/aromatic N) is 2. The Morgan fingerprint density at radius 2 is 1.43 bits per heavy atom. The van der Waals surface area contributed by atoms with E-state index in [-0.39, 0.29) is 19.0 Å². The van der Waals surface area contributed by atoms with Gasteiger partial charge in [-0.25, -0.2) is 4.57 Å². The van der Waals surface area contributed by atoms with E-state index in [0.29, 0.717) is 5.56 Å². The fourth-order valence-corrected chi connectivity index (χ4v) is 3.86. The smallest absolute Gasteiger partial charge is 0.463 e. The van der Waals surface area contributed by atoms with Crippen LogP contribution in [0.1, 0.15) is 33.3 Å². The maximum absolute atomic E-state index is 12.2. The van der Waals surface area contributed by atoms with Crippen LogP contribution in [0.4, 0.5) is 4.79 Å². The van der Waals surface area contributed by atoms with Crippen molar-refractivity contribution in [2.24, 2.45) is 7.05 Å². The highest BCUT2D eigenvalue weighted by molar-refractivity contribution is 5.70. The first kappa shape index (κ1) is 30.1. The molecule has 14 heteroatoms. The molecule has 3 rings (SSSR count). The lowest BCUT2D eigenvalue weighted by Crippen LogP contribution is -2.63. The van der Waals surface area contributed by atoms with Gasteiger partial charge in [-0.15, -0.1) is 4.57 Å². The molecule has 216 valence electrons. The maximum Gasteiger partial charge on any atom is 0.511 e. The number of rotatable bonds is 9. The molecule has 0 spiro atoms. The minimum absolute atomic E-state index is 0.0138. The molecule has 1 saturated heterocycles. The SMILES string of the molecule is CC(=O)OCC1O[C@@H](Oc2ccc(COC(=O)n3cc[n+](C)c3)cc2)[C@@H](OC(C)=O)C(OC(C)=O)[C@@H]1OC(C)=O. The van der Waals surface area contributed by atoms with E-state index in [4.69, 9.17) is 33.2 Å². The van der Waals surface area contributed by atoms with Crippen molar-refractivity contribution in [3.05, 3.63) is 48.5 Å². The van der Waals surface area contributed by atoms with Gasteiger partial charge in [0, 0.05) is 27.7 Å². The number of benzene rings is 1. The summed E-state index contributed by atoms with van der Waals surface area (Å²) >= 11 is 0. The summed E-state index contributed by atoms with van der Waals surface area (Å²) in [5.74, 6) is -2.60. The highest BCUT2D eigenvalue weighted by atomic mass is 16.7.